The molecule has 2 atom stereocenters. The van der Waals surface area contributed by atoms with E-state index < -0.39 is 0 Å². The van der Waals surface area contributed by atoms with Crippen molar-refractivity contribution in [2.75, 3.05) is 33.4 Å². The number of methoxy groups -OCH3 is 1. The zero-order chi connectivity index (χ0) is 11.1. The van der Waals surface area contributed by atoms with Crippen molar-refractivity contribution in [1.29, 1.82) is 0 Å². The lowest BCUT2D eigenvalue weighted by molar-refractivity contribution is 0.153. The highest BCUT2D eigenvalue weighted by molar-refractivity contribution is 4.75. The van der Waals surface area contributed by atoms with Crippen LogP contribution in [0.1, 0.15) is 32.6 Å². The molecule has 1 aliphatic heterocycles. The number of nitrogens with zero attached hydrogens (tertiary/aromatic N) is 1. The fourth-order valence-corrected chi connectivity index (χ4v) is 2.27. The summed E-state index contributed by atoms with van der Waals surface area (Å²) in [6, 6.07) is 0.405. The van der Waals surface area contributed by atoms with Gasteiger partial charge in [-0.05, 0) is 44.7 Å². The average molecular weight is 214 g/mol. The lowest BCUT2D eigenvalue weighted by Gasteiger charge is -2.16. The third kappa shape index (κ3) is 4.96. The molecule has 0 aromatic heterocycles. The van der Waals surface area contributed by atoms with Gasteiger partial charge in [0.1, 0.15) is 0 Å². The van der Waals surface area contributed by atoms with Crippen LogP contribution in [0.2, 0.25) is 0 Å². The van der Waals surface area contributed by atoms with Crippen LogP contribution in [0.4, 0.5) is 0 Å². The van der Waals surface area contributed by atoms with Crippen molar-refractivity contribution in [2.45, 2.75) is 38.6 Å². The van der Waals surface area contributed by atoms with Gasteiger partial charge in [-0.15, -0.1) is 0 Å². The zero-order valence-corrected chi connectivity index (χ0v) is 10.2. The van der Waals surface area contributed by atoms with E-state index in [-0.39, 0.29) is 0 Å². The molecular weight excluding hydrogens is 188 g/mol. The topological polar surface area (TPSA) is 38.5 Å². The first-order valence-corrected chi connectivity index (χ1v) is 6.23. The minimum atomic E-state index is 0.405. The molecule has 1 fully saturated rings. The van der Waals surface area contributed by atoms with Crippen molar-refractivity contribution in [2.24, 2.45) is 11.7 Å². The van der Waals surface area contributed by atoms with E-state index in [1.54, 1.807) is 7.11 Å². The molecule has 0 aromatic rings. The Morgan fingerprint density at radius 2 is 2.33 bits per heavy atom. The number of ether oxygens (including phenoxy) is 1. The molecule has 3 nitrogen and oxygen atoms in total. The normalized spacial score (nSPS) is 24.6. The Morgan fingerprint density at radius 3 is 3.00 bits per heavy atom. The number of hydrogen-bond acceptors (Lipinski definition) is 3. The molecule has 2 N–H and O–H groups in total. The smallest absolute Gasteiger partial charge is 0.0503 e. The highest BCUT2D eigenvalue weighted by Gasteiger charge is 2.21. The van der Waals surface area contributed by atoms with E-state index in [4.69, 9.17) is 10.5 Å². The number of likely N-dealkylation sites (tertiary alicyclic amines) is 1. The molecule has 0 radical (unpaired) electrons. The van der Waals surface area contributed by atoms with Gasteiger partial charge in [-0.3, -0.25) is 0 Å². The van der Waals surface area contributed by atoms with Gasteiger partial charge in [0.15, 0.2) is 0 Å². The van der Waals surface area contributed by atoms with Gasteiger partial charge in [0.2, 0.25) is 0 Å². The molecule has 2 unspecified atom stereocenters. The number of rotatable bonds is 7. The summed E-state index contributed by atoms with van der Waals surface area (Å²) in [5.41, 5.74) is 5.89. The summed E-state index contributed by atoms with van der Waals surface area (Å²) in [5, 5.41) is 0. The molecule has 15 heavy (non-hydrogen) atoms. The van der Waals surface area contributed by atoms with Crippen molar-refractivity contribution in [1.82, 2.24) is 4.90 Å². The molecule has 1 heterocycles. The quantitative estimate of drug-likeness (QED) is 0.697. The van der Waals surface area contributed by atoms with E-state index in [0.29, 0.717) is 6.04 Å². The highest BCUT2D eigenvalue weighted by atomic mass is 16.5. The van der Waals surface area contributed by atoms with Gasteiger partial charge in [0.25, 0.3) is 0 Å². The largest absolute Gasteiger partial charge is 0.384 e. The first-order chi connectivity index (χ1) is 7.26. The Labute approximate surface area is 94.0 Å². The van der Waals surface area contributed by atoms with Crippen molar-refractivity contribution in [3.63, 3.8) is 0 Å². The molecule has 0 aliphatic carbocycles. The van der Waals surface area contributed by atoms with Gasteiger partial charge >= 0.3 is 0 Å². The molecule has 0 spiro atoms. The third-order valence-corrected chi connectivity index (χ3v) is 3.35. The number of hydrogen-bond donors (Lipinski definition) is 1. The fraction of sp³-hybridized carbons (Fsp3) is 1.00. The average Bonchev–Trinajstić information content (AvgIpc) is 2.66. The summed E-state index contributed by atoms with van der Waals surface area (Å²) in [5.74, 6) is 0.759. The summed E-state index contributed by atoms with van der Waals surface area (Å²) in [6.45, 7) is 6.76. The Balaban J connectivity index is 2.03. The van der Waals surface area contributed by atoms with Crippen LogP contribution in [-0.4, -0.2) is 44.3 Å². The molecule has 1 aliphatic rings. The van der Waals surface area contributed by atoms with Gasteiger partial charge in [-0.1, -0.05) is 6.92 Å². The van der Waals surface area contributed by atoms with Crippen LogP contribution in [0.25, 0.3) is 0 Å². The summed E-state index contributed by atoms with van der Waals surface area (Å²) in [6.07, 6.45) is 4.82. The Morgan fingerprint density at radius 1 is 1.53 bits per heavy atom. The van der Waals surface area contributed by atoms with Crippen LogP contribution in [0.5, 0.6) is 0 Å². The second kappa shape index (κ2) is 7.20. The summed E-state index contributed by atoms with van der Waals surface area (Å²) in [4.78, 5) is 2.55. The van der Waals surface area contributed by atoms with Crippen molar-refractivity contribution in [3.05, 3.63) is 0 Å². The van der Waals surface area contributed by atoms with Gasteiger partial charge < -0.3 is 15.4 Å². The molecule has 1 saturated heterocycles. The monoisotopic (exact) mass is 214 g/mol. The van der Waals surface area contributed by atoms with E-state index in [1.807, 2.05) is 0 Å². The van der Waals surface area contributed by atoms with Crippen LogP contribution in [0.15, 0.2) is 0 Å². The maximum absolute atomic E-state index is 5.89. The lowest BCUT2D eigenvalue weighted by Crippen LogP contribution is -2.25. The van der Waals surface area contributed by atoms with Gasteiger partial charge in [0.05, 0.1) is 6.61 Å². The third-order valence-electron chi connectivity index (χ3n) is 3.35. The van der Waals surface area contributed by atoms with Crippen LogP contribution >= 0.6 is 0 Å². The highest BCUT2D eigenvalue weighted by Crippen LogP contribution is 2.16. The van der Waals surface area contributed by atoms with Gasteiger partial charge in [-0.25, -0.2) is 0 Å². The molecule has 0 bridgehead atoms. The van der Waals surface area contributed by atoms with Crippen molar-refractivity contribution < 1.29 is 4.74 Å². The van der Waals surface area contributed by atoms with Crippen molar-refractivity contribution in [3.8, 4) is 0 Å². The maximum Gasteiger partial charge on any atom is 0.0503 e. The molecular formula is C12H26N2O. The van der Waals surface area contributed by atoms with Crippen LogP contribution in [-0.2, 0) is 4.74 Å². The second-order valence-corrected chi connectivity index (χ2v) is 4.72. The standard InChI is InChI=1S/C12H26N2O/c1-3-12(13)5-4-7-14-8-6-11(9-14)10-15-2/h11-12H,3-10,13H2,1-2H3. The molecule has 3 heteroatoms. The van der Waals surface area contributed by atoms with Crippen molar-refractivity contribution >= 4 is 0 Å². The SMILES string of the molecule is CCC(N)CCCN1CCC(COC)C1. The molecule has 1 rings (SSSR count). The lowest BCUT2D eigenvalue weighted by atomic mass is 10.1. The van der Waals surface area contributed by atoms with Crippen LogP contribution in [0.3, 0.4) is 0 Å². The predicted molar refractivity (Wildman–Crippen MR) is 63.9 cm³/mol. The zero-order valence-electron chi connectivity index (χ0n) is 10.2. The molecule has 0 saturated carbocycles. The fourth-order valence-electron chi connectivity index (χ4n) is 2.27. The van der Waals surface area contributed by atoms with Crippen LogP contribution < -0.4 is 5.73 Å². The summed E-state index contributed by atoms with van der Waals surface area (Å²) < 4.78 is 5.19. The first-order valence-electron chi connectivity index (χ1n) is 6.23. The minimum absolute atomic E-state index is 0.405. The number of nitrogens with two attached hydrogens (primary N) is 1. The van der Waals surface area contributed by atoms with Gasteiger partial charge in [-0.2, -0.15) is 0 Å². The summed E-state index contributed by atoms with van der Waals surface area (Å²) in [7, 11) is 1.79. The van der Waals surface area contributed by atoms with Gasteiger partial charge in [0, 0.05) is 19.7 Å². The maximum atomic E-state index is 5.89. The minimum Gasteiger partial charge on any atom is -0.384 e. The van der Waals surface area contributed by atoms with E-state index in [2.05, 4.69) is 11.8 Å². The first kappa shape index (κ1) is 12.9. The molecule has 90 valence electrons. The van der Waals surface area contributed by atoms with Crippen LogP contribution in [0, 0.1) is 5.92 Å². The van der Waals surface area contributed by atoms with E-state index >= 15 is 0 Å². The Bertz CT molecular complexity index is 164. The Hall–Kier alpha value is -0.120. The van der Waals surface area contributed by atoms with E-state index in [1.165, 1.54) is 38.9 Å². The molecule has 0 amide bonds. The second-order valence-electron chi connectivity index (χ2n) is 4.72. The predicted octanol–water partition coefficient (Wildman–Crippen LogP) is 1.47. The van der Waals surface area contributed by atoms with E-state index in [9.17, 15) is 0 Å². The summed E-state index contributed by atoms with van der Waals surface area (Å²) >= 11 is 0. The van der Waals surface area contributed by atoms with E-state index in [0.717, 1.165) is 18.9 Å². The molecule has 0 aromatic carbocycles. The Kier molecular flexibility index (Phi) is 6.22.